The van der Waals surface area contributed by atoms with Crippen molar-refractivity contribution >= 4 is 32.5 Å². The van der Waals surface area contributed by atoms with E-state index in [1.807, 2.05) is 24.3 Å². The van der Waals surface area contributed by atoms with Gasteiger partial charge in [-0.2, -0.15) is 4.31 Å². The summed E-state index contributed by atoms with van der Waals surface area (Å²) >= 11 is 6.17. The van der Waals surface area contributed by atoms with Crippen LogP contribution in [-0.2, 0) is 10.0 Å². The topological polar surface area (TPSA) is 53.2 Å². The summed E-state index contributed by atoms with van der Waals surface area (Å²) in [4.78, 5) is 3.57. The number of hydrogen-bond acceptors (Lipinski definition) is 2. The fourth-order valence-electron chi connectivity index (χ4n) is 3.56. The number of nitrogens with zero attached hydrogens (tertiary/aromatic N) is 1. The van der Waals surface area contributed by atoms with Crippen molar-refractivity contribution < 1.29 is 8.42 Å². The van der Waals surface area contributed by atoms with Gasteiger partial charge in [0, 0.05) is 17.8 Å². The third-order valence-electron chi connectivity index (χ3n) is 4.79. The Morgan fingerprint density at radius 3 is 2.60 bits per heavy atom. The van der Waals surface area contributed by atoms with Crippen molar-refractivity contribution in [3.05, 3.63) is 65.3 Å². The highest BCUT2D eigenvalue weighted by Crippen LogP contribution is 2.37. The molecule has 0 radical (unpaired) electrons. The second-order valence-corrected chi connectivity index (χ2v) is 8.64. The first kappa shape index (κ1) is 16.6. The van der Waals surface area contributed by atoms with Crippen molar-refractivity contribution in [1.82, 2.24) is 9.29 Å². The van der Waals surface area contributed by atoms with E-state index in [9.17, 15) is 8.42 Å². The number of sulfonamides is 1. The van der Waals surface area contributed by atoms with Gasteiger partial charge in [-0.15, -0.1) is 0 Å². The van der Waals surface area contributed by atoms with Crippen molar-refractivity contribution in [2.45, 2.75) is 30.2 Å². The lowest BCUT2D eigenvalue weighted by Crippen LogP contribution is -2.38. The van der Waals surface area contributed by atoms with Crippen LogP contribution in [0.15, 0.2) is 59.5 Å². The van der Waals surface area contributed by atoms with Gasteiger partial charge >= 0.3 is 0 Å². The molecule has 1 aliphatic heterocycles. The largest absolute Gasteiger partial charge is 0.357 e. The van der Waals surface area contributed by atoms with Crippen LogP contribution in [0.4, 0.5) is 0 Å². The van der Waals surface area contributed by atoms with Crippen LogP contribution in [0.5, 0.6) is 0 Å². The molecule has 130 valence electrons. The Balaban J connectivity index is 1.78. The van der Waals surface area contributed by atoms with Crippen LogP contribution < -0.4 is 0 Å². The van der Waals surface area contributed by atoms with Gasteiger partial charge in [-0.3, -0.25) is 0 Å². The van der Waals surface area contributed by atoms with Crippen LogP contribution >= 0.6 is 11.6 Å². The zero-order valence-corrected chi connectivity index (χ0v) is 15.2. The van der Waals surface area contributed by atoms with Crippen molar-refractivity contribution in [1.29, 1.82) is 0 Å². The Kier molecular flexibility index (Phi) is 4.31. The van der Waals surface area contributed by atoms with Crippen LogP contribution in [-0.4, -0.2) is 24.3 Å². The Morgan fingerprint density at radius 1 is 1.04 bits per heavy atom. The van der Waals surface area contributed by atoms with E-state index in [0.717, 1.165) is 35.9 Å². The van der Waals surface area contributed by atoms with Crippen LogP contribution in [0, 0.1) is 0 Å². The third-order valence-corrected chi connectivity index (χ3v) is 7.19. The standard InChI is InChI=1S/C19H19ClN2O2S/c20-15-8-2-4-11-19(15)25(23,24)22-12-6-5-10-18(22)17-13-14-7-1-3-9-16(14)21-17/h1-4,7-9,11,13,18,21H,5-6,10,12H2. The maximum atomic E-state index is 13.2. The molecule has 1 unspecified atom stereocenters. The number of rotatable bonds is 3. The molecule has 25 heavy (non-hydrogen) atoms. The van der Waals surface area contributed by atoms with Gasteiger partial charge in [0.1, 0.15) is 4.90 Å². The molecule has 1 N–H and O–H groups in total. The van der Waals surface area contributed by atoms with Gasteiger partial charge in [0.05, 0.1) is 11.1 Å². The molecule has 0 aliphatic carbocycles. The van der Waals surface area contributed by atoms with Crippen molar-refractivity contribution in [3.8, 4) is 0 Å². The van der Waals surface area contributed by atoms with Crippen LogP contribution in [0.1, 0.15) is 31.0 Å². The first-order valence-corrected chi connectivity index (χ1v) is 10.2. The Morgan fingerprint density at radius 2 is 1.80 bits per heavy atom. The number of para-hydroxylation sites is 1. The molecular formula is C19H19ClN2O2S. The number of H-pyrrole nitrogens is 1. The van der Waals surface area contributed by atoms with Crippen molar-refractivity contribution in [2.24, 2.45) is 0 Å². The highest BCUT2D eigenvalue weighted by molar-refractivity contribution is 7.89. The number of hydrogen-bond donors (Lipinski definition) is 1. The summed E-state index contributed by atoms with van der Waals surface area (Å²) in [5.74, 6) is 0. The molecule has 6 heteroatoms. The van der Waals surface area contributed by atoms with E-state index in [0.29, 0.717) is 6.54 Å². The van der Waals surface area contributed by atoms with Crippen LogP contribution in [0.2, 0.25) is 5.02 Å². The fourth-order valence-corrected chi connectivity index (χ4v) is 5.73. The number of aromatic nitrogens is 1. The van der Waals surface area contributed by atoms with Crippen molar-refractivity contribution in [3.63, 3.8) is 0 Å². The minimum atomic E-state index is -3.65. The molecule has 0 bridgehead atoms. The van der Waals surface area contributed by atoms with Crippen LogP contribution in [0.25, 0.3) is 10.9 Å². The molecule has 2 heterocycles. The smallest absolute Gasteiger partial charge is 0.245 e. The summed E-state index contributed by atoms with van der Waals surface area (Å²) in [5.41, 5.74) is 1.97. The summed E-state index contributed by atoms with van der Waals surface area (Å²) in [6.45, 7) is 0.508. The molecule has 4 nitrogen and oxygen atoms in total. The van der Waals surface area contributed by atoms with Gasteiger partial charge in [-0.25, -0.2) is 8.42 Å². The first-order valence-electron chi connectivity index (χ1n) is 8.41. The average Bonchev–Trinajstić information content (AvgIpc) is 3.06. The SMILES string of the molecule is O=S(=O)(c1ccccc1Cl)N1CCCCC1c1cc2ccccc2[nH]1. The molecule has 1 atom stereocenters. The zero-order chi connectivity index (χ0) is 17.4. The Bertz CT molecular complexity index is 980. The fraction of sp³-hybridized carbons (Fsp3) is 0.263. The Hall–Kier alpha value is -1.82. The highest BCUT2D eigenvalue weighted by Gasteiger charge is 2.36. The van der Waals surface area contributed by atoms with E-state index in [-0.39, 0.29) is 16.0 Å². The molecule has 1 fully saturated rings. The molecule has 4 rings (SSSR count). The quantitative estimate of drug-likeness (QED) is 0.720. The number of fused-ring (bicyclic) bond motifs is 1. The minimum absolute atomic E-state index is 0.180. The predicted molar refractivity (Wildman–Crippen MR) is 100 cm³/mol. The molecule has 1 aromatic heterocycles. The highest BCUT2D eigenvalue weighted by atomic mass is 35.5. The van der Waals surface area contributed by atoms with E-state index in [1.165, 1.54) is 0 Å². The van der Waals surface area contributed by atoms with Gasteiger partial charge in [0.2, 0.25) is 10.0 Å². The normalized spacial score (nSPS) is 19.3. The lowest BCUT2D eigenvalue weighted by molar-refractivity contribution is 0.252. The van der Waals surface area contributed by atoms with Gasteiger partial charge < -0.3 is 4.98 Å². The maximum absolute atomic E-state index is 13.2. The van der Waals surface area contributed by atoms with E-state index < -0.39 is 10.0 Å². The average molecular weight is 375 g/mol. The summed E-state index contributed by atoms with van der Waals surface area (Å²) in [6, 6.07) is 16.5. The van der Waals surface area contributed by atoms with E-state index in [1.54, 1.807) is 28.6 Å². The zero-order valence-electron chi connectivity index (χ0n) is 13.7. The second-order valence-electron chi connectivity index (χ2n) is 6.37. The molecule has 1 aliphatic rings. The van der Waals surface area contributed by atoms with Crippen molar-refractivity contribution in [2.75, 3.05) is 6.54 Å². The maximum Gasteiger partial charge on any atom is 0.245 e. The molecule has 1 saturated heterocycles. The second kappa shape index (κ2) is 6.48. The molecule has 2 aromatic carbocycles. The molecule has 0 amide bonds. The van der Waals surface area contributed by atoms with E-state index >= 15 is 0 Å². The predicted octanol–water partition coefficient (Wildman–Crippen LogP) is 4.74. The lowest BCUT2D eigenvalue weighted by atomic mass is 10.0. The number of benzene rings is 2. The summed E-state index contributed by atoms with van der Waals surface area (Å²) in [5, 5.41) is 1.36. The van der Waals surface area contributed by atoms with Gasteiger partial charge in [-0.1, -0.05) is 48.4 Å². The molecule has 0 saturated carbocycles. The summed E-state index contributed by atoms with van der Waals surface area (Å²) in [6.07, 6.45) is 2.67. The van der Waals surface area contributed by atoms with Gasteiger partial charge in [0.15, 0.2) is 0 Å². The Labute approximate surface area is 152 Å². The molecule has 3 aromatic rings. The third kappa shape index (κ3) is 2.97. The van der Waals surface area contributed by atoms with E-state index in [4.69, 9.17) is 11.6 Å². The number of aromatic amines is 1. The summed E-state index contributed by atoms with van der Waals surface area (Å²) in [7, 11) is -3.65. The minimum Gasteiger partial charge on any atom is -0.357 e. The number of piperidine rings is 1. The van der Waals surface area contributed by atoms with Gasteiger partial charge in [0.25, 0.3) is 0 Å². The number of halogens is 1. The van der Waals surface area contributed by atoms with E-state index in [2.05, 4.69) is 11.1 Å². The first-order chi connectivity index (χ1) is 12.1. The molecular weight excluding hydrogens is 356 g/mol. The van der Waals surface area contributed by atoms with Crippen LogP contribution in [0.3, 0.4) is 0 Å². The summed E-state index contributed by atoms with van der Waals surface area (Å²) < 4.78 is 28.1. The molecule has 0 spiro atoms. The van der Waals surface area contributed by atoms with Gasteiger partial charge in [-0.05, 0) is 42.5 Å². The number of nitrogens with one attached hydrogen (secondary N) is 1. The monoisotopic (exact) mass is 374 g/mol. The lowest BCUT2D eigenvalue weighted by Gasteiger charge is -2.34.